The molecule has 0 unspecified atom stereocenters. The number of hydrogen-bond donors (Lipinski definition) is 1. The Balaban J connectivity index is 1.78. The Labute approximate surface area is 189 Å². The van der Waals surface area contributed by atoms with Crippen LogP contribution < -0.4 is 10.3 Å². The van der Waals surface area contributed by atoms with Gasteiger partial charge >= 0.3 is 0 Å². The van der Waals surface area contributed by atoms with Gasteiger partial charge in [-0.25, -0.2) is 18.1 Å². The molecule has 0 radical (unpaired) electrons. The molecule has 32 heavy (non-hydrogen) atoms. The van der Waals surface area contributed by atoms with Crippen LogP contribution in [0.2, 0.25) is 0 Å². The van der Waals surface area contributed by atoms with Crippen molar-refractivity contribution >= 4 is 10.0 Å². The molecule has 4 rings (SSSR count). The third-order valence-corrected chi connectivity index (χ3v) is 6.80. The summed E-state index contributed by atoms with van der Waals surface area (Å²) in [5.41, 5.74) is 4.62. The predicted molar refractivity (Wildman–Crippen MR) is 127 cm³/mol. The van der Waals surface area contributed by atoms with Gasteiger partial charge in [0.2, 0.25) is 10.0 Å². The molecule has 0 saturated heterocycles. The van der Waals surface area contributed by atoms with Gasteiger partial charge in [-0.05, 0) is 49.8 Å². The van der Waals surface area contributed by atoms with Gasteiger partial charge in [0.1, 0.15) is 0 Å². The lowest BCUT2D eigenvalue weighted by atomic mass is 9.78. The number of rotatable bonds is 6. The third-order valence-electron chi connectivity index (χ3n) is 6.07. The van der Waals surface area contributed by atoms with Crippen LogP contribution in [0.15, 0.2) is 65.7 Å². The first-order chi connectivity index (χ1) is 15.2. The van der Waals surface area contributed by atoms with E-state index in [2.05, 4.69) is 34.0 Å². The van der Waals surface area contributed by atoms with Gasteiger partial charge in [0.05, 0.1) is 18.3 Å². The summed E-state index contributed by atoms with van der Waals surface area (Å²) in [5, 5.41) is 0. The van der Waals surface area contributed by atoms with E-state index in [4.69, 9.17) is 0 Å². The molecule has 0 fully saturated rings. The van der Waals surface area contributed by atoms with Gasteiger partial charge in [0.25, 0.3) is 5.56 Å². The van der Waals surface area contributed by atoms with E-state index < -0.39 is 10.0 Å². The smallest absolute Gasteiger partial charge is 0.257 e. The van der Waals surface area contributed by atoms with Crippen LogP contribution in [0.4, 0.5) is 0 Å². The van der Waals surface area contributed by atoms with Gasteiger partial charge in [-0.15, -0.1) is 0 Å². The van der Waals surface area contributed by atoms with Gasteiger partial charge in [0.15, 0.2) is 0 Å². The van der Waals surface area contributed by atoms with Gasteiger partial charge in [-0.2, -0.15) is 0 Å². The highest BCUT2D eigenvalue weighted by atomic mass is 32.2. The molecule has 1 heterocycles. The number of nitrogens with one attached hydrogen (secondary N) is 1. The van der Waals surface area contributed by atoms with Gasteiger partial charge in [-0.3, -0.25) is 9.36 Å². The van der Waals surface area contributed by atoms with E-state index in [1.54, 1.807) is 10.9 Å². The van der Waals surface area contributed by atoms with E-state index in [0.29, 0.717) is 24.8 Å². The average Bonchev–Trinajstić information content (AvgIpc) is 2.75. The van der Waals surface area contributed by atoms with Crippen LogP contribution in [0.3, 0.4) is 0 Å². The highest BCUT2D eigenvalue weighted by Gasteiger charge is 2.35. The van der Waals surface area contributed by atoms with Crippen molar-refractivity contribution in [2.24, 2.45) is 0 Å². The Morgan fingerprint density at radius 2 is 1.81 bits per heavy atom. The summed E-state index contributed by atoms with van der Waals surface area (Å²) < 4.78 is 28.6. The molecule has 1 aromatic heterocycles. The lowest BCUT2D eigenvalue weighted by Crippen LogP contribution is -2.45. The Kier molecular flexibility index (Phi) is 6.31. The zero-order valence-corrected chi connectivity index (χ0v) is 19.5. The molecular weight excluding hydrogens is 422 g/mol. The van der Waals surface area contributed by atoms with Gasteiger partial charge in [0, 0.05) is 23.6 Å². The Morgan fingerprint density at radius 1 is 1.09 bits per heavy atom. The van der Waals surface area contributed by atoms with E-state index in [1.165, 1.54) is 6.26 Å². The number of fused-ring (bicyclic) bond motifs is 1. The quantitative estimate of drug-likeness (QED) is 0.620. The van der Waals surface area contributed by atoms with E-state index in [-0.39, 0.29) is 23.6 Å². The molecule has 1 aliphatic carbocycles. The minimum Gasteiger partial charge on any atom is -0.296 e. The topological polar surface area (TPSA) is 81.1 Å². The molecule has 3 aromatic rings. The summed E-state index contributed by atoms with van der Waals surface area (Å²) in [4.78, 5) is 18.0. The highest BCUT2D eigenvalue weighted by Crippen LogP contribution is 2.33. The van der Waals surface area contributed by atoms with Crippen LogP contribution in [0.1, 0.15) is 49.0 Å². The third kappa shape index (κ3) is 4.84. The standard InChI is InChI=1S/C25H29N3O3S/c1-17(2)28-16-26-23-13-12-22(27-32(3,30)31)21(24(23)25(28)29)15-18-8-7-11-20(14-18)19-9-5-4-6-10-19/h4-11,14,16-17,21-22,27H,12-13,15H2,1-3H3/t21-,22-/m0/s1. The van der Waals surface area contributed by atoms with Crippen LogP contribution in [-0.4, -0.2) is 30.3 Å². The zero-order valence-electron chi connectivity index (χ0n) is 18.7. The largest absolute Gasteiger partial charge is 0.296 e. The van der Waals surface area contributed by atoms with E-state index in [9.17, 15) is 13.2 Å². The molecule has 0 saturated carbocycles. The number of nitrogens with zero attached hydrogens (tertiary/aromatic N) is 2. The summed E-state index contributed by atoms with van der Waals surface area (Å²) in [7, 11) is -3.42. The van der Waals surface area contributed by atoms with E-state index in [0.717, 1.165) is 22.4 Å². The fraction of sp³-hybridized carbons (Fsp3) is 0.360. The fourth-order valence-corrected chi connectivity index (χ4v) is 5.41. The maximum Gasteiger partial charge on any atom is 0.257 e. The molecule has 0 amide bonds. The zero-order chi connectivity index (χ0) is 22.9. The molecule has 168 valence electrons. The minimum absolute atomic E-state index is 0.0226. The summed E-state index contributed by atoms with van der Waals surface area (Å²) in [5.74, 6) is -0.286. The number of sulfonamides is 1. The van der Waals surface area contributed by atoms with Crippen molar-refractivity contribution in [1.29, 1.82) is 0 Å². The second-order valence-corrected chi connectivity index (χ2v) is 10.6. The van der Waals surface area contributed by atoms with Crippen molar-refractivity contribution in [3.05, 3.63) is 88.1 Å². The van der Waals surface area contributed by atoms with Gasteiger partial charge < -0.3 is 0 Å². The number of benzene rings is 2. The molecule has 1 aliphatic rings. The summed E-state index contributed by atoms with van der Waals surface area (Å²) >= 11 is 0. The molecule has 6 nitrogen and oxygen atoms in total. The lowest BCUT2D eigenvalue weighted by molar-refractivity contribution is 0.413. The second-order valence-electron chi connectivity index (χ2n) is 8.82. The van der Waals surface area contributed by atoms with Crippen LogP contribution in [0.5, 0.6) is 0 Å². The molecule has 7 heteroatoms. The monoisotopic (exact) mass is 451 g/mol. The van der Waals surface area contributed by atoms with E-state index in [1.807, 2.05) is 44.2 Å². The predicted octanol–water partition coefficient (Wildman–Crippen LogP) is 3.68. The van der Waals surface area contributed by atoms with Gasteiger partial charge in [-0.1, -0.05) is 54.6 Å². The maximum absolute atomic E-state index is 13.4. The lowest BCUT2D eigenvalue weighted by Gasteiger charge is -2.33. The van der Waals surface area contributed by atoms with Crippen LogP contribution in [0.25, 0.3) is 11.1 Å². The van der Waals surface area contributed by atoms with Crippen LogP contribution >= 0.6 is 0 Å². The number of aryl methyl sites for hydroxylation is 1. The van der Waals surface area contributed by atoms with E-state index >= 15 is 0 Å². The average molecular weight is 452 g/mol. The van der Waals surface area contributed by atoms with Crippen molar-refractivity contribution in [2.75, 3.05) is 6.26 Å². The Bertz CT molecular complexity index is 1270. The molecule has 1 N–H and O–H groups in total. The minimum atomic E-state index is -3.42. The number of hydrogen-bond acceptors (Lipinski definition) is 4. The summed E-state index contributed by atoms with van der Waals surface area (Å²) in [6, 6.07) is 18.0. The molecule has 0 bridgehead atoms. The fourth-order valence-electron chi connectivity index (χ4n) is 4.57. The molecular formula is C25H29N3O3S. The van der Waals surface area contributed by atoms with Crippen molar-refractivity contribution < 1.29 is 8.42 Å². The van der Waals surface area contributed by atoms with Crippen molar-refractivity contribution in [3.8, 4) is 11.1 Å². The Hall–Kier alpha value is -2.77. The normalized spacial score (nSPS) is 18.5. The van der Waals surface area contributed by atoms with Crippen LogP contribution in [0, 0.1) is 0 Å². The molecule has 0 spiro atoms. The first-order valence-corrected chi connectivity index (χ1v) is 12.8. The molecule has 2 atom stereocenters. The van der Waals surface area contributed by atoms with Crippen molar-refractivity contribution in [2.45, 2.75) is 51.1 Å². The van der Waals surface area contributed by atoms with Crippen molar-refractivity contribution in [3.63, 3.8) is 0 Å². The summed E-state index contributed by atoms with van der Waals surface area (Å²) in [6.45, 7) is 3.89. The van der Waals surface area contributed by atoms with Crippen LogP contribution in [-0.2, 0) is 22.9 Å². The molecule has 0 aliphatic heterocycles. The number of aromatic nitrogens is 2. The second kappa shape index (κ2) is 9.00. The first kappa shape index (κ1) is 22.4. The highest BCUT2D eigenvalue weighted by molar-refractivity contribution is 7.88. The summed E-state index contributed by atoms with van der Waals surface area (Å²) in [6.07, 6.45) is 4.53. The molecule has 2 aromatic carbocycles. The Morgan fingerprint density at radius 3 is 2.50 bits per heavy atom. The maximum atomic E-state index is 13.4. The first-order valence-electron chi connectivity index (χ1n) is 10.9. The SMILES string of the molecule is CC(C)n1cnc2c(c1=O)[C@@H](Cc1cccc(-c3ccccc3)c1)[C@@H](NS(C)(=O)=O)CC2. The van der Waals surface area contributed by atoms with Crippen molar-refractivity contribution in [1.82, 2.24) is 14.3 Å².